The fourth-order valence-corrected chi connectivity index (χ4v) is 3.42. The minimum absolute atomic E-state index is 0.000602. The van der Waals surface area contributed by atoms with Crippen molar-refractivity contribution in [2.24, 2.45) is 0 Å². The van der Waals surface area contributed by atoms with Gasteiger partial charge in [-0.15, -0.1) is 0 Å². The predicted octanol–water partition coefficient (Wildman–Crippen LogP) is 6.44. The monoisotopic (exact) mass is 498 g/mol. The Morgan fingerprint density at radius 1 is 1.09 bits per heavy atom. The molecular weight excluding hydrogens is 452 g/mol. The van der Waals surface area contributed by atoms with Crippen molar-refractivity contribution >= 4 is 34.3 Å². The maximum absolute atomic E-state index is 10.2. The number of hydrogen-bond donors (Lipinski definition) is 2. The second-order valence-corrected chi connectivity index (χ2v) is 7.87. The minimum Gasteiger partial charge on any atom is -0.387 e. The largest absolute Gasteiger partial charge is 0.387 e. The van der Waals surface area contributed by atoms with Crippen LogP contribution in [0.15, 0.2) is 12.5 Å². The molecule has 8 heteroatoms. The quantitative estimate of drug-likeness (QED) is 0.462. The average molecular weight is 499 g/mol. The Labute approximate surface area is 211 Å². The van der Waals surface area contributed by atoms with Gasteiger partial charge < -0.3 is 15.0 Å². The highest BCUT2D eigenvalue weighted by molar-refractivity contribution is 6.34. The molecule has 1 amide bonds. The molecule has 2 heterocycles. The summed E-state index contributed by atoms with van der Waals surface area (Å²) in [4.78, 5) is 28.8. The van der Waals surface area contributed by atoms with Crippen molar-refractivity contribution in [2.45, 2.75) is 106 Å². The number of ketones is 1. The molecule has 1 aliphatic rings. The van der Waals surface area contributed by atoms with Crippen molar-refractivity contribution < 1.29 is 14.7 Å². The van der Waals surface area contributed by atoms with E-state index in [9.17, 15) is 9.59 Å². The molecule has 0 bridgehead atoms. The molecule has 2 aromatic rings. The first-order chi connectivity index (χ1) is 16.3. The summed E-state index contributed by atoms with van der Waals surface area (Å²) in [5, 5.41) is 11.9. The Morgan fingerprint density at radius 3 is 2.12 bits per heavy atom. The lowest BCUT2D eigenvalue weighted by atomic mass is 9.95. The maximum Gasteiger partial charge on any atom is 0.246 e. The zero-order chi connectivity index (χ0) is 26.5. The fraction of sp³-hybridized carbons (Fsp3) is 0.692. The Hall–Kier alpha value is -1.99. The first-order valence-electron chi connectivity index (χ1n) is 12.7. The van der Waals surface area contributed by atoms with Gasteiger partial charge in [-0.1, -0.05) is 85.2 Å². The molecule has 0 aliphatic heterocycles. The number of unbranched alkanes of at least 4 members (excludes halogenated alkanes) is 1. The van der Waals surface area contributed by atoms with E-state index in [0.29, 0.717) is 11.2 Å². The molecule has 0 aromatic carbocycles. The highest BCUT2D eigenvalue weighted by Crippen LogP contribution is 2.33. The zero-order valence-corrected chi connectivity index (χ0v) is 23.3. The number of rotatable bonds is 5. The lowest BCUT2D eigenvalue weighted by Gasteiger charge is -2.23. The molecule has 7 nitrogen and oxygen atoms in total. The topological polar surface area (TPSA) is 97.1 Å². The first-order valence-corrected chi connectivity index (χ1v) is 13.1. The summed E-state index contributed by atoms with van der Waals surface area (Å²) in [7, 11) is 0. The summed E-state index contributed by atoms with van der Waals surface area (Å²) in [5.74, 6) is -0.651. The molecule has 0 atom stereocenters. The molecule has 1 saturated carbocycles. The molecular formula is C26H47ClN4O3. The number of nitrogens with zero attached hydrogens (tertiary/aromatic N) is 3. The van der Waals surface area contributed by atoms with Crippen LogP contribution in [0.1, 0.15) is 105 Å². The van der Waals surface area contributed by atoms with E-state index in [2.05, 4.69) is 46.8 Å². The maximum atomic E-state index is 10.2. The molecule has 2 N–H and O–H groups in total. The van der Waals surface area contributed by atoms with Crippen LogP contribution in [-0.4, -0.2) is 44.5 Å². The molecule has 0 spiro atoms. The number of hydrogen-bond acceptors (Lipinski definition) is 5. The summed E-state index contributed by atoms with van der Waals surface area (Å²) in [6, 6.07) is 0.589. The van der Waals surface area contributed by atoms with E-state index in [4.69, 9.17) is 16.7 Å². The standard InChI is InChI=1S/C13H16ClN3.C5H9NO3.C4H10.2C2H6/c1-9-7-17(10-5-3-2-4-6-10)13-11(9)12(14)15-8-16-13;1-4(8)2-6-5(9)3-7;1-3-4-2;2*1-2/h7-8,10H,2-6H2,1H3;7H,2-3H2,1H3,(H,6,9);3-4H2,1-2H3;2*1-2H3. The van der Waals surface area contributed by atoms with Gasteiger partial charge in [0.05, 0.1) is 11.9 Å². The van der Waals surface area contributed by atoms with Crippen LogP contribution in [0, 0.1) is 6.92 Å². The number of Topliss-reactive ketones (excluding diaryl/α,β-unsaturated/α-hetero) is 1. The summed E-state index contributed by atoms with van der Waals surface area (Å²) in [6.45, 7) is 15.2. The number of carbonyl (C=O) groups is 2. The van der Waals surface area contributed by atoms with Crippen LogP contribution in [0.25, 0.3) is 11.0 Å². The third-order valence-corrected chi connectivity index (χ3v) is 5.19. The summed E-state index contributed by atoms with van der Waals surface area (Å²) in [5.41, 5.74) is 2.17. The highest BCUT2D eigenvalue weighted by Gasteiger charge is 2.19. The molecule has 0 radical (unpaired) electrons. The van der Waals surface area contributed by atoms with Gasteiger partial charge in [-0.05, 0) is 32.3 Å². The fourth-order valence-electron chi connectivity index (χ4n) is 3.14. The van der Waals surface area contributed by atoms with E-state index in [1.165, 1.54) is 57.4 Å². The molecule has 3 rings (SSSR count). The highest BCUT2D eigenvalue weighted by atomic mass is 35.5. The van der Waals surface area contributed by atoms with Gasteiger partial charge >= 0.3 is 0 Å². The van der Waals surface area contributed by atoms with Crippen molar-refractivity contribution in [3.63, 3.8) is 0 Å². The number of fused-ring (bicyclic) bond motifs is 1. The Morgan fingerprint density at radius 2 is 1.65 bits per heavy atom. The molecule has 196 valence electrons. The average Bonchev–Trinajstić information content (AvgIpc) is 3.23. The second-order valence-electron chi connectivity index (χ2n) is 7.51. The Bertz CT molecular complexity index is 801. The molecule has 34 heavy (non-hydrogen) atoms. The number of halogens is 1. The number of amides is 1. The molecule has 1 aliphatic carbocycles. The van der Waals surface area contributed by atoms with Crippen molar-refractivity contribution in [3.05, 3.63) is 23.2 Å². The number of aryl methyl sites for hydroxylation is 1. The number of carbonyl (C=O) groups excluding carboxylic acids is 2. The van der Waals surface area contributed by atoms with Crippen LogP contribution in [0.2, 0.25) is 5.15 Å². The first kappa shape index (κ1) is 34.2. The van der Waals surface area contributed by atoms with Crippen LogP contribution >= 0.6 is 11.6 Å². The van der Waals surface area contributed by atoms with Crippen LogP contribution in [0.4, 0.5) is 0 Å². The number of aliphatic hydroxyl groups is 1. The van der Waals surface area contributed by atoms with E-state index in [1.54, 1.807) is 6.33 Å². The third-order valence-electron chi connectivity index (χ3n) is 4.90. The third kappa shape index (κ3) is 13.0. The number of nitrogens with one attached hydrogen (secondary N) is 1. The van der Waals surface area contributed by atoms with Crippen molar-refractivity contribution in [2.75, 3.05) is 13.2 Å². The van der Waals surface area contributed by atoms with E-state index < -0.39 is 12.5 Å². The van der Waals surface area contributed by atoms with Gasteiger partial charge in [-0.25, -0.2) is 9.97 Å². The van der Waals surface area contributed by atoms with Gasteiger partial charge in [0.1, 0.15) is 29.5 Å². The van der Waals surface area contributed by atoms with Crippen LogP contribution < -0.4 is 5.32 Å². The van der Waals surface area contributed by atoms with Gasteiger partial charge in [0, 0.05) is 12.2 Å². The van der Waals surface area contributed by atoms with Gasteiger partial charge in [-0.2, -0.15) is 0 Å². The van der Waals surface area contributed by atoms with Gasteiger partial charge in [0.15, 0.2) is 0 Å². The van der Waals surface area contributed by atoms with E-state index in [1.807, 2.05) is 27.7 Å². The molecule has 2 aromatic heterocycles. The molecule has 0 unspecified atom stereocenters. The smallest absolute Gasteiger partial charge is 0.246 e. The lowest BCUT2D eigenvalue weighted by Crippen LogP contribution is -2.30. The summed E-state index contributed by atoms with van der Waals surface area (Å²) < 4.78 is 2.30. The number of aliphatic hydroxyl groups excluding tert-OH is 1. The summed E-state index contributed by atoms with van der Waals surface area (Å²) in [6.07, 6.45) is 12.9. The Balaban J connectivity index is 0. The van der Waals surface area contributed by atoms with Crippen molar-refractivity contribution in [3.8, 4) is 0 Å². The normalized spacial score (nSPS) is 12.4. The second kappa shape index (κ2) is 21.5. The number of aromatic nitrogens is 3. The van der Waals surface area contributed by atoms with Crippen LogP contribution in [0.5, 0.6) is 0 Å². The van der Waals surface area contributed by atoms with E-state index >= 15 is 0 Å². The molecule has 1 fully saturated rings. The van der Waals surface area contributed by atoms with Gasteiger partial charge in [0.25, 0.3) is 0 Å². The minimum atomic E-state index is -0.562. The van der Waals surface area contributed by atoms with Gasteiger partial charge in [0.2, 0.25) is 5.91 Å². The summed E-state index contributed by atoms with van der Waals surface area (Å²) >= 11 is 6.15. The zero-order valence-electron chi connectivity index (χ0n) is 22.6. The van der Waals surface area contributed by atoms with Crippen LogP contribution in [-0.2, 0) is 9.59 Å². The predicted molar refractivity (Wildman–Crippen MR) is 143 cm³/mol. The Kier molecular flexibility index (Phi) is 21.7. The van der Waals surface area contributed by atoms with E-state index in [0.717, 1.165) is 11.0 Å². The van der Waals surface area contributed by atoms with Crippen molar-refractivity contribution in [1.82, 2.24) is 19.9 Å². The van der Waals surface area contributed by atoms with Gasteiger partial charge in [-0.3, -0.25) is 9.59 Å². The van der Waals surface area contributed by atoms with Crippen molar-refractivity contribution in [1.29, 1.82) is 0 Å². The molecule has 0 saturated heterocycles. The van der Waals surface area contributed by atoms with E-state index in [-0.39, 0.29) is 12.3 Å². The lowest BCUT2D eigenvalue weighted by molar-refractivity contribution is -0.126. The van der Waals surface area contributed by atoms with Crippen LogP contribution in [0.3, 0.4) is 0 Å². The SMILES string of the molecule is CC.CC.CC(=O)CNC(=O)CO.CCCC.Cc1cn(C2CCCCC2)c2ncnc(Cl)c12.